The second-order valence-corrected chi connectivity index (χ2v) is 7.36. The van der Waals surface area contributed by atoms with E-state index in [0.717, 1.165) is 31.1 Å². The monoisotopic (exact) mass is 329 g/mol. The highest BCUT2D eigenvalue weighted by Gasteiger charge is 2.40. The Bertz CT molecular complexity index is 559. The van der Waals surface area contributed by atoms with Crippen molar-refractivity contribution in [2.24, 2.45) is 5.92 Å². The molecule has 1 aliphatic carbocycles. The molecule has 1 aromatic rings. The van der Waals surface area contributed by atoms with Crippen LogP contribution in [0.2, 0.25) is 0 Å². The average Bonchev–Trinajstić information content (AvgIpc) is 3.11. The van der Waals surface area contributed by atoms with E-state index < -0.39 is 0 Å². The second-order valence-electron chi connectivity index (χ2n) is 7.36. The molecule has 0 aromatic carbocycles. The van der Waals surface area contributed by atoms with Gasteiger partial charge in [0.25, 0.3) is 0 Å². The Balaban J connectivity index is 1.42. The summed E-state index contributed by atoms with van der Waals surface area (Å²) in [5.74, 6) is 0.300. The van der Waals surface area contributed by atoms with E-state index in [2.05, 4.69) is 9.88 Å². The van der Waals surface area contributed by atoms with Crippen molar-refractivity contribution in [3.63, 3.8) is 0 Å². The van der Waals surface area contributed by atoms with Crippen molar-refractivity contribution in [1.29, 1.82) is 0 Å². The van der Waals surface area contributed by atoms with E-state index in [1.54, 1.807) is 6.20 Å². The number of aromatic nitrogens is 1. The van der Waals surface area contributed by atoms with Crippen LogP contribution in [0, 0.1) is 5.92 Å². The van der Waals surface area contributed by atoms with Gasteiger partial charge in [-0.15, -0.1) is 0 Å². The maximum atomic E-state index is 13.0. The Kier molecular flexibility index (Phi) is 4.81. The molecular weight excluding hydrogens is 302 g/mol. The van der Waals surface area contributed by atoms with Crippen molar-refractivity contribution in [2.45, 2.75) is 50.8 Å². The molecule has 2 atom stereocenters. The topological polar surface area (TPSA) is 45.7 Å². The van der Waals surface area contributed by atoms with E-state index in [0.29, 0.717) is 19.7 Å². The van der Waals surface area contributed by atoms with Crippen molar-refractivity contribution in [3.05, 3.63) is 30.1 Å². The number of likely N-dealkylation sites (tertiary alicyclic amines) is 1. The van der Waals surface area contributed by atoms with Crippen molar-refractivity contribution < 1.29 is 9.53 Å². The van der Waals surface area contributed by atoms with E-state index in [1.807, 2.05) is 23.2 Å². The largest absolute Gasteiger partial charge is 0.374 e. The molecule has 0 bridgehead atoms. The first-order valence-corrected chi connectivity index (χ1v) is 9.34. The lowest BCUT2D eigenvalue weighted by Gasteiger charge is -2.40. The van der Waals surface area contributed by atoms with E-state index in [4.69, 9.17) is 4.74 Å². The highest BCUT2D eigenvalue weighted by Crippen LogP contribution is 2.31. The molecule has 0 radical (unpaired) electrons. The first-order chi connectivity index (χ1) is 11.8. The molecular formula is C19H27N3O2. The fourth-order valence-corrected chi connectivity index (χ4v) is 4.52. The molecule has 1 aromatic heterocycles. The first-order valence-electron chi connectivity index (χ1n) is 9.34. The van der Waals surface area contributed by atoms with Gasteiger partial charge in [0, 0.05) is 38.1 Å². The van der Waals surface area contributed by atoms with Gasteiger partial charge in [0.2, 0.25) is 5.91 Å². The lowest BCUT2D eigenvalue weighted by Crippen LogP contribution is -2.51. The molecule has 5 nitrogen and oxygen atoms in total. The van der Waals surface area contributed by atoms with Gasteiger partial charge in [0.05, 0.1) is 18.6 Å². The van der Waals surface area contributed by atoms with Crippen LogP contribution >= 0.6 is 0 Å². The van der Waals surface area contributed by atoms with Crippen molar-refractivity contribution >= 4 is 5.91 Å². The van der Waals surface area contributed by atoms with E-state index >= 15 is 0 Å². The lowest BCUT2D eigenvalue weighted by atomic mass is 9.91. The average molecular weight is 329 g/mol. The standard InChI is InChI=1S/C19H27N3O2/c23-19-17-7-9-21(16-5-1-2-6-16)14-18(17)24-11-10-22(19)13-15-4-3-8-20-12-15/h3-4,8,12,16-18H,1-2,5-7,9-11,13-14H2/t17-,18+/m1/s1. The second kappa shape index (κ2) is 7.19. The van der Waals surface area contributed by atoms with Gasteiger partial charge >= 0.3 is 0 Å². The maximum absolute atomic E-state index is 13.0. The third-order valence-corrected chi connectivity index (χ3v) is 5.85. The number of carbonyl (C=O) groups is 1. The third kappa shape index (κ3) is 3.33. The third-order valence-electron chi connectivity index (χ3n) is 5.85. The van der Waals surface area contributed by atoms with Gasteiger partial charge in [-0.05, 0) is 37.4 Å². The Labute approximate surface area is 144 Å². The predicted octanol–water partition coefficient (Wildman–Crippen LogP) is 2.07. The fourth-order valence-electron chi connectivity index (χ4n) is 4.52. The molecule has 0 unspecified atom stereocenters. The molecule has 130 valence electrons. The number of pyridine rings is 1. The molecule has 0 N–H and O–H groups in total. The van der Waals surface area contributed by atoms with Crippen LogP contribution in [0.1, 0.15) is 37.7 Å². The fraction of sp³-hybridized carbons (Fsp3) is 0.684. The smallest absolute Gasteiger partial charge is 0.228 e. The zero-order chi connectivity index (χ0) is 16.4. The minimum atomic E-state index is 0.0295. The van der Waals surface area contributed by atoms with Gasteiger partial charge in [0.15, 0.2) is 0 Å². The van der Waals surface area contributed by atoms with Crippen LogP contribution in [-0.4, -0.2) is 59.1 Å². The van der Waals surface area contributed by atoms with Gasteiger partial charge in [-0.3, -0.25) is 14.7 Å². The normalized spacial score (nSPS) is 29.5. The van der Waals surface area contributed by atoms with E-state index in [9.17, 15) is 4.79 Å². The molecule has 3 heterocycles. The molecule has 3 aliphatic rings. The zero-order valence-corrected chi connectivity index (χ0v) is 14.3. The number of rotatable bonds is 3. The van der Waals surface area contributed by atoms with Crippen LogP contribution in [0.25, 0.3) is 0 Å². The zero-order valence-electron chi connectivity index (χ0n) is 14.3. The minimum Gasteiger partial charge on any atom is -0.374 e. The summed E-state index contributed by atoms with van der Waals surface area (Å²) in [6.07, 6.45) is 9.97. The molecule has 2 saturated heterocycles. The van der Waals surface area contributed by atoms with Gasteiger partial charge in [0.1, 0.15) is 0 Å². The lowest BCUT2D eigenvalue weighted by molar-refractivity contribution is -0.140. The van der Waals surface area contributed by atoms with Crippen LogP contribution in [0.5, 0.6) is 0 Å². The summed E-state index contributed by atoms with van der Waals surface area (Å²) in [5, 5.41) is 0. The quantitative estimate of drug-likeness (QED) is 0.852. The van der Waals surface area contributed by atoms with Crippen LogP contribution < -0.4 is 0 Å². The van der Waals surface area contributed by atoms with Gasteiger partial charge in [-0.2, -0.15) is 0 Å². The van der Waals surface area contributed by atoms with Gasteiger partial charge in [-0.25, -0.2) is 0 Å². The van der Waals surface area contributed by atoms with E-state index in [1.165, 1.54) is 25.7 Å². The highest BCUT2D eigenvalue weighted by molar-refractivity contribution is 5.80. The van der Waals surface area contributed by atoms with Gasteiger partial charge < -0.3 is 9.64 Å². The van der Waals surface area contributed by atoms with Crippen LogP contribution in [0.4, 0.5) is 0 Å². The summed E-state index contributed by atoms with van der Waals surface area (Å²) >= 11 is 0. The molecule has 2 aliphatic heterocycles. The molecule has 5 heteroatoms. The molecule has 0 spiro atoms. The number of piperidine rings is 1. The summed E-state index contributed by atoms with van der Waals surface area (Å²) in [7, 11) is 0. The van der Waals surface area contributed by atoms with E-state index in [-0.39, 0.29) is 17.9 Å². The molecule has 24 heavy (non-hydrogen) atoms. The first kappa shape index (κ1) is 16.0. The SMILES string of the molecule is O=C1[C@@H]2CCN(C3CCCC3)C[C@@H]2OCCN1Cc1cccnc1. The highest BCUT2D eigenvalue weighted by atomic mass is 16.5. The van der Waals surface area contributed by atoms with Crippen molar-refractivity contribution in [1.82, 2.24) is 14.8 Å². The van der Waals surface area contributed by atoms with Gasteiger partial charge in [-0.1, -0.05) is 18.9 Å². The van der Waals surface area contributed by atoms with Crippen molar-refractivity contribution in [3.8, 4) is 0 Å². The predicted molar refractivity (Wildman–Crippen MR) is 91.3 cm³/mol. The van der Waals surface area contributed by atoms with Crippen LogP contribution in [0.15, 0.2) is 24.5 Å². The summed E-state index contributed by atoms with van der Waals surface area (Å²) in [6, 6.07) is 4.68. The number of amides is 1. The van der Waals surface area contributed by atoms with Crippen LogP contribution in [0.3, 0.4) is 0 Å². The molecule has 1 saturated carbocycles. The Hall–Kier alpha value is -1.46. The summed E-state index contributed by atoms with van der Waals surface area (Å²) < 4.78 is 6.12. The Morgan fingerprint density at radius 2 is 2.08 bits per heavy atom. The summed E-state index contributed by atoms with van der Waals surface area (Å²) in [6.45, 7) is 3.95. The number of carbonyl (C=O) groups excluding carboxylic acids is 1. The number of fused-ring (bicyclic) bond motifs is 1. The van der Waals surface area contributed by atoms with Crippen LogP contribution in [-0.2, 0) is 16.1 Å². The number of ether oxygens (including phenoxy) is 1. The molecule has 1 amide bonds. The summed E-state index contributed by atoms with van der Waals surface area (Å²) in [4.78, 5) is 21.7. The summed E-state index contributed by atoms with van der Waals surface area (Å²) in [5.41, 5.74) is 1.09. The van der Waals surface area contributed by atoms with Crippen molar-refractivity contribution in [2.75, 3.05) is 26.2 Å². The molecule has 3 fully saturated rings. The number of hydrogen-bond acceptors (Lipinski definition) is 4. The number of hydrogen-bond donors (Lipinski definition) is 0. The Morgan fingerprint density at radius 1 is 1.21 bits per heavy atom. The Morgan fingerprint density at radius 3 is 2.88 bits per heavy atom. The number of nitrogens with zero attached hydrogens (tertiary/aromatic N) is 3. The molecule has 4 rings (SSSR count). The maximum Gasteiger partial charge on any atom is 0.228 e. The minimum absolute atomic E-state index is 0.0295.